The summed E-state index contributed by atoms with van der Waals surface area (Å²) in [4.78, 5) is 12.8. The highest BCUT2D eigenvalue weighted by molar-refractivity contribution is 5.69. The van der Waals surface area contributed by atoms with Gasteiger partial charge in [0.2, 0.25) is 0 Å². The summed E-state index contributed by atoms with van der Waals surface area (Å²) < 4.78 is 13.9. The molecule has 0 aromatic heterocycles. The molecule has 2 atom stereocenters. The lowest BCUT2D eigenvalue weighted by Gasteiger charge is -2.36. The Morgan fingerprint density at radius 2 is 2.00 bits per heavy atom. The van der Waals surface area contributed by atoms with E-state index in [2.05, 4.69) is 12.1 Å². The molecule has 1 aliphatic rings. The first-order valence-corrected chi connectivity index (χ1v) is 8.28. The number of fused-ring (bicyclic) bond motifs is 1. The molecule has 0 fully saturated rings. The van der Waals surface area contributed by atoms with E-state index in [1.807, 2.05) is 36.2 Å². The van der Waals surface area contributed by atoms with E-state index in [1.54, 1.807) is 6.07 Å². The maximum Gasteiger partial charge on any atom is 0.317 e. The quantitative estimate of drug-likeness (QED) is 0.913. The summed E-state index contributed by atoms with van der Waals surface area (Å²) in [6, 6.07) is 15.2. The fraction of sp³-hybridized carbons (Fsp3) is 0.350. The Morgan fingerprint density at radius 3 is 2.71 bits per heavy atom. The first kappa shape index (κ1) is 16.7. The SMILES string of the molecule is CN(CC(=O)O)C[C@H]1CCc2ccc(F)cc2[C@H]1c1ccccc1. The van der Waals surface area contributed by atoms with E-state index < -0.39 is 5.97 Å². The zero-order valence-electron chi connectivity index (χ0n) is 13.8. The largest absolute Gasteiger partial charge is 0.480 e. The molecule has 0 saturated heterocycles. The number of carbonyl (C=O) groups is 1. The Labute approximate surface area is 141 Å². The summed E-state index contributed by atoms with van der Waals surface area (Å²) in [5.74, 6) is -0.668. The lowest BCUT2D eigenvalue weighted by atomic mass is 9.71. The minimum Gasteiger partial charge on any atom is -0.480 e. The average Bonchev–Trinajstić information content (AvgIpc) is 2.54. The van der Waals surface area contributed by atoms with Crippen molar-refractivity contribution in [1.82, 2.24) is 4.90 Å². The number of carboxylic acids is 1. The van der Waals surface area contributed by atoms with Crippen molar-refractivity contribution in [3.8, 4) is 0 Å². The van der Waals surface area contributed by atoms with Crippen LogP contribution in [-0.4, -0.2) is 36.1 Å². The van der Waals surface area contributed by atoms with Crippen molar-refractivity contribution in [3.63, 3.8) is 0 Å². The third-order valence-corrected chi connectivity index (χ3v) is 4.81. The van der Waals surface area contributed by atoms with Crippen molar-refractivity contribution in [2.75, 3.05) is 20.1 Å². The molecule has 4 heteroatoms. The molecule has 126 valence electrons. The molecule has 0 bridgehead atoms. The summed E-state index contributed by atoms with van der Waals surface area (Å²) in [6.45, 7) is 0.704. The van der Waals surface area contributed by atoms with Crippen molar-refractivity contribution in [2.45, 2.75) is 18.8 Å². The van der Waals surface area contributed by atoms with Crippen LogP contribution < -0.4 is 0 Å². The third kappa shape index (κ3) is 3.65. The van der Waals surface area contributed by atoms with Crippen LogP contribution in [-0.2, 0) is 11.2 Å². The monoisotopic (exact) mass is 327 g/mol. The minimum absolute atomic E-state index is 0.0218. The number of benzene rings is 2. The summed E-state index contributed by atoms with van der Waals surface area (Å²) in [6.07, 6.45) is 1.88. The van der Waals surface area contributed by atoms with Gasteiger partial charge in [0.05, 0.1) is 6.54 Å². The van der Waals surface area contributed by atoms with E-state index in [0.29, 0.717) is 6.54 Å². The zero-order chi connectivity index (χ0) is 17.1. The van der Waals surface area contributed by atoms with E-state index in [-0.39, 0.29) is 24.2 Å². The third-order valence-electron chi connectivity index (χ3n) is 4.81. The van der Waals surface area contributed by atoms with Crippen LogP contribution in [0.3, 0.4) is 0 Å². The molecule has 0 unspecified atom stereocenters. The topological polar surface area (TPSA) is 40.5 Å². The summed E-state index contributed by atoms with van der Waals surface area (Å²) in [7, 11) is 1.83. The van der Waals surface area contributed by atoms with Crippen molar-refractivity contribution < 1.29 is 14.3 Å². The standard InChI is InChI=1S/C20H22FNO2/c1-22(13-19(23)24)12-16-8-7-14-9-10-17(21)11-18(14)20(16)15-5-3-2-4-6-15/h2-6,9-11,16,20H,7-8,12-13H2,1H3,(H,23,24)/t16-,20+/m1/s1. The Kier molecular flexibility index (Phi) is 4.95. The van der Waals surface area contributed by atoms with Crippen molar-refractivity contribution in [3.05, 3.63) is 71.0 Å². The summed E-state index contributed by atoms with van der Waals surface area (Å²) in [5, 5.41) is 9.00. The van der Waals surface area contributed by atoms with E-state index in [0.717, 1.165) is 24.0 Å². The van der Waals surface area contributed by atoms with Crippen molar-refractivity contribution in [1.29, 1.82) is 0 Å². The van der Waals surface area contributed by atoms with Crippen LogP contribution in [0.4, 0.5) is 4.39 Å². The lowest BCUT2D eigenvalue weighted by molar-refractivity contribution is -0.138. The van der Waals surface area contributed by atoms with Crippen LogP contribution >= 0.6 is 0 Å². The van der Waals surface area contributed by atoms with Gasteiger partial charge in [0.25, 0.3) is 0 Å². The Hall–Kier alpha value is -2.20. The Balaban J connectivity index is 1.95. The van der Waals surface area contributed by atoms with Crippen molar-refractivity contribution in [2.24, 2.45) is 5.92 Å². The second-order valence-corrected chi connectivity index (χ2v) is 6.62. The maximum atomic E-state index is 13.9. The zero-order valence-corrected chi connectivity index (χ0v) is 13.8. The van der Waals surface area contributed by atoms with Gasteiger partial charge in [-0.15, -0.1) is 0 Å². The van der Waals surface area contributed by atoms with Gasteiger partial charge in [-0.2, -0.15) is 0 Å². The van der Waals surface area contributed by atoms with E-state index >= 15 is 0 Å². The number of aliphatic carboxylic acids is 1. The highest BCUT2D eigenvalue weighted by atomic mass is 19.1. The average molecular weight is 327 g/mol. The highest BCUT2D eigenvalue weighted by Crippen LogP contribution is 2.41. The molecule has 0 aliphatic heterocycles. The number of hydrogen-bond acceptors (Lipinski definition) is 2. The van der Waals surface area contributed by atoms with E-state index in [1.165, 1.54) is 11.6 Å². The van der Waals surface area contributed by atoms with Crippen LogP contribution in [0, 0.1) is 11.7 Å². The van der Waals surface area contributed by atoms with Crippen LogP contribution in [0.2, 0.25) is 0 Å². The highest BCUT2D eigenvalue weighted by Gasteiger charge is 2.32. The number of halogens is 1. The van der Waals surface area contributed by atoms with Gasteiger partial charge in [-0.3, -0.25) is 9.69 Å². The van der Waals surface area contributed by atoms with E-state index in [4.69, 9.17) is 5.11 Å². The van der Waals surface area contributed by atoms with Crippen LogP contribution in [0.1, 0.15) is 29.0 Å². The molecule has 0 saturated carbocycles. The Morgan fingerprint density at radius 1 is 1.25 bits per heavy atom. The predicted octanol–water partition coefficient (Wildman–Crippen LogP) is 3.54. The maximum absolute atomic E-state index is 13.9. The van der Waals surface area contributed by atoms with Crippen LogP contribution in [0.5, 0.6) is 0 Å². The second kappa shape index (κ2) is 7.14. The fourth-order valence-electron chi connectivity index (χ4n) is 3.85. The molecular weight excluding hydrogens is 305 g/mol. The molecule has 0 radical (unpaired) electrons. The molecule has 24 heavy (non-hydrogen) atoms. The molecule has 3 rings (SSSR count). The molecule has 0 heterocycles. The lowest BCUT2D eigenvalue weighted by Crippen LogP contribution is -2.35. The number of likely N-dealkylation sites (N-methyl/N-ethyl adjacent to an activating group) is 1. The van der Waals surface area contributed by atoms with Gasteiger partial charge in [-0.25, -0.2) is 4.39 Å². The number of aryl methyl sites for hydroxylation is 1. The van der Waals surface area contributed by atoms with Gasteiger partial charge in [0.1, 0.15) is 5.82 Å². The first-order valence-electron chi connectivity index (χ1n) is 8.28. The van der Waals surface area contributed by atoms with Crippen LogP contribution in [0.25, 0.3) is 0 Å². The molecule has 0 spiro atoms. The van der Waals surface area contributed by atoms with Gasteiger partial charge in [-0.05, 0) is 54.6 Å². The van der Waals surface area contributed by atoms with Gasteiger partial charge < -0.3 is 5.11 Å². The van der Waals surface area contributed by atoms with Crippen LogP contribution in [0.15, 0.2) is 48.5 Å². The number of carboxylic acid groups (broad SMARTS) is 1. The summed E-state index contributed by atoms with van der Waals surface area (Å²) >= 11 is 0. The Bertz CT molecular complexity index is 717. The molecule has 2 aromatic carbocycles. The number of hydrogen-bond donors (Lipinski definition) is 1. The smallest absolute Gasteiger partial charge is 0.317 e. The van der Waals surface area contributed by atoms with Crippen molar-refractivity contribution >= 4 is 5.97 Å². The molecule has 1 N–H and O–H groups in total. The van der Waals surface area contributed by atoms with Gasteiger partial charge in [-0.1, -0.05) is 36.4 Å². The normalized spacial score (nSPS) is 20.0. The number of rotatable bonds is 5. The van der Waals surface area contributed by atoms with Gasteiger partial charge >= 0.3 is 5.97 Å². The molecule has 0 amide bonds. The van der Waals surface area contributed by atoms with Gasteiger partial charge in [0, 0.05) is 12.5 Å². The molecule has 3 nitrogen and oxygen atoms in total. The predicted molar refractivity (Wildman–Crippen MR) is 91.6 cm³/mol. The molecular formula is C20H22FNO2. The second-order valence-electron chi connectivity index (χ2n) is 6.62. The minimum atomic E-state index is -0.823. The fourth-order valence-corrected chi connectivity index (χ4v) is 3.85. The van der Waals surface area contributed by atoms with E-state index in [9.17, 15) is 9.18 Å². The molecule has 2 aromatic rings. The van der Waals surface area contributed by atoms with Gasteiger partial charge in [0.15, 0.2) is 0 Å². The molecule has 1 aliphatic carbocycles. The first-order chi connectivity index (χ1) is 11.5. The number of nitrogens with zero attached hydrogens (tertiary/aromatic N) is 1. The summed E-state index contributed by atoms with van der Waals surface area (Å²) in [5.41, 5.74) is 3.40.